The molecule has 0 spiro atoms. The number of carbonyl (C=O) groups excluding carboxylic acids is 1. The molecule has 1 unspecified atom stereocenters. The van der Waals surface area contributed by atoms with Gasteiger partial charge in [-0.3, -0.25) is 0 Å². The second kappa shape index (κ2) is 4.67. The Bertz CT molecular complexity index is 201. The number of nitrogens with zero attached hydrogens (tertiary/aromatic N) is 2. The number of carbonyl (C=O) groups is 1. The zero-order chi connectivity index (χ0) is 10.7. The molecule has 2 amide bonds. The van der Waals surface area contributed by atoms with Gasteiger partial charge in [-0.25, -0.2) is 4.79 Å². The average Bonchev–Trinajstić information content (AvgIpc) is 2.16. The molecule has 1 heterocycles. The number of piperidine rings is 1. The molecule has 14 heavy (non-hydrogen) atoms. The molecule has 82 valence electrons. The van der Waals surface area contributed by atoms with E-state index in [1.807, 2.05) is 19.0 Å². The molecule has 0 aromatic heterocycles. The van der Waals surface area contributed by atoms with Gasteiger partial charge in [0.15, 0.2) is 0 Å². The molecule has 1 rings (SSSR count). The van der Waals surface area contributed by atoms with Gasteiger partial charge in [0.1, 0.15) is 0 Å². The summed E-state index contributed by atoms with van der Waals surface area (Å²) in [6.07, 6.45) is 3.58. The first kappa shape index (κ1) is 11.3. The van der Waals surface area contributed by atoms with E-state index < -0.39 is 0 Å². The Balaban J connectivity index is 2.67. The molecule has 1 aliphatic rings. The summed E-state index contributed by atoms with van der Waals surface area (Å²) < 4.78 is 0. The normalized spacial score (nSPS) is 22.6. The van der Waals surface area contributed by atoms with Crippen LogP contribution in [0.5, 0.6) is 0 Å². The van der Waals surface area contributed by atoms with E-state index >= 15 is 0 Å². The van der Waals surface area contributed by atoms with E-state index in [0.29, 0.717) is 12.0 Å². The van der Waals surface area contributed by atoms with Gasteiger partial charge in [-0.1, -0.05) is 13.8 Å². The number of likely N-dealkylation sites (tertiary alicyclic amines) is 1. The first-order valence-electron chi connectivity index (χ1n) is 5.52. The summed E-state index contributed by atoms with van der Waals surface area (Å²) in [7, 11) is 3.66. The maximum Gasteiger partial charge on any atom is 0.319 e. The fraction of sp³-hybridized carbons (Fsp3) is 0.909. The zero-order valence-corrected chi connectivity index (χ0v) is 9.79. The molecular formula is C11H22N2O. The maximum atomic E-state index is 11.9. The molecule has 0 aromatic rings. The molecule has 1 aliphatic heterocycles. The van der Waals surface area contributed by atoms with Gasteiger partial charge >= 0.3 is 6.03 Å². The highest BCUT2D eigenvalue weighted by Crippen LogP contribution is 2.23. The molecule has 1 atom stereocenters. The highest BCUT2D eigenvalue weighted by Gasteiger charge is 2.29. The summed E-state index contributed by atoms with van der Waals surface area (Å²) in [4.78, 5) is 15.6. The van der Waals surface area contributed by atoms with Crippen molar-refractivity contribution in [3.63, 3.8) is 0 Å². The molecule has 1 fully saturated rings. The quantitative estimate of drug-likeness (QED) is 0.633. The van der Waals surface area contributed by atoms with Gasteiger partial charge in [0.2, 0.25) is 0 Å². The molecule has 0 bridgehead atoms. The number of urea groups is 1. The van der Waals surface area contributed by atoms with Crippen molar-refractivity contribution < 1.29 is 4.79 Å². The van der Waals surface area contributed by atoms with E-state index in [1.54, 1.807) is 4.90 Å². The largest absolute Gasteiger partial charge is 0.331 e. The van der Waals surface area contributed by atoms with Crippen molar-refractivity contribution in [2.45, 2.75) is 39.2 Å². The van der Waals surface area contributed by atoms with Crippen LogP contribution >= 0.6 is 0 Å². The van der Waals surface area contributed by atoms with Crippen molar-refractivity contribution in [2.24, 2.45) is 5.92 Å². The molecule has 3 heteroatoms. The lowest BCUT2D eigenvalue weighted by Gasteiger charge is -2.39. The molecule has 0 aliphatic carbocycles. The predicted octanol–water partition coefficient (Wildman–Crippen LogP) is 2.18. The van der Waals surface area contributed by atoms with E-state index in [1.165, 1.54) is 6.42 Å². The van der Waals surface area contributed by atoms with Crippen LogP contribution in [0.25, 0.3) is 0 Å². The van der Waals surface area contributed by atoms with Gasteiger partial charge in [-0.15, -0.1) is 0 Å². The molecular weight excluding hydrogens is 176 g/mol. The first-order valence-corrected chi connectivity index (χ1v) is 5.52. The van der Waals surface area contributed by atoms with Crippen LogP contribution in [0.3, 0.4) is 0 Å². The third kappa shape index (κ3) is 2.40. The smallest absolute Gasteiger partial charge is 0.319 e. The van der Waals surface area contributed by atoms with Gasteiger partial charge in [0.25, 0.3) is 0 Å². The van der Waals surface area contributed by atoms with Crippen LogP contribution in [0.1, 0.15) is 33.1 Å². The Morgan fingerprint density at radius 2 is 2.00 bits per heavy atom. The van der Waals surface area contributed by atoms with Crippen LogP contribution in [-0.4, -0.2) is 42.5 Å². The summed E-state index contributed by atoms with van der Waals surface area (Å²) in [6.45, 7) is 5.33. The summed E-state index contributed by atoms with van der Waals surface area (Å²) in [5, 5.41) is 0. The van der Waals surface area contributed by atoms with Crippen molar-refractivity contribution >= 4 is 6.03 Å². The Hall–Kier alpha value is -0.730. The highest BCUT2D eigenvalue weighted by atomic mass is 16.2. The molecule has 0 radical (unpaired) electrons. The molecule has 0 aromatic carbocycles. The topological polar surface area (TPSA) is 23.6 Å². The maximum absolute atomic E-state index is 11.9. The SMILES string of the molecule is CC(C)C1CCCCN1C(=O)N(C)C. The van der Waals surface area contributed by atoms with E-state index in [9.17, 15) is 4.79 Å². The highest BCUT2D eigenvalue weighted by molar-refractivity contribution is 5.74. The van der Waals surface area contributed by atoms with Crippen LogP contribution in [0.15, 0.2) is 0 Å². The Kier molecular flexibility index (Phi) is 3.78. The Morgan fingerprint density at radius 1 is 1.36 bits per heavy atom. The van der Waals surface area contributed by atoms with Crippen LogP contribution < -0.4 is 0 Å². The van der Waals surface area contributed by atoms with Crippen LogP contribution in [0, 0.1) is 5.92 Å². The second-order valence-electron chi connectivity index (χ2n) is 4.68. The monoisotopic (exact) mass is 198 g/mol. The minimum Gasteiger partial charge on any atom is -0.331 e. The standard InChI is InChI=1S/C11H22N2O/c1-9(2)10-7-5-6-8-13(10)11(14)12(3)4/h9-10H,5-8H2,1-4H3. The third-order valence-corrected chi connectivity index (χ3v) is 2.95. The zero-order valence-electron chi connectivity index (χ0n) is 9.79. The van der Waals surface area contributed by atoms with Crippen LogP contribution in [-0.2, 0) is 0 Å². The lowest BCUT2D eigenvalue weighted by molar-refractivity contribution is 0.109. The molecule has 3 nitrogen and oxygen atoms in total. The van der Waals surface area contributed by atoms with Crippen molar-refractivity contribution in [3.8, 4) is 0 Å². The minimum absolute atomic E-state index is 0.170. The lowest BCUT2D eigenvalue weighted by atomic mass is 9.93. The molecule has 0 saturated carbocycles. The third-order valence-electron chi connectivity index (χ3n) is 2.95. The van der Waals surface area contributed by atoms with Crippen molar-refractivity contribution in [2.75, 3.05) is 20.6 Å². The minimum atomic E-state index is 0.170. The van der Waals surface area contributed by atoms with Crippen LogP contribution in [0.4, 0.5) is 4.79 Å². The number of rotatable bonds is 1. The Morgan fingerprint density at radius 3 is 2.50 bits per heavy atom. The van der Waals surface area contributed by atoms with Gasteiger partial charge in [-0.2, -0.15) is 0 Å². The predicted molar refractivity (Wildman–Crippen MR) is 58.3 cm³/mol. The first-order chi connectivity index (χ1) is 6.54. The second-order valence-corrected chi connectivity index (χ2v) is 4.68. The lowest BCUT2D eigenvalue weighted by Crippen LogP contribution is -2.50. The summed E-state index contributed by atoms with van der Waals surface area (Å²) in [5.41, 5.74) is 0. The summed E-state index contributed by atoms with van der Waals surface area (Å²) >= 11 is 0. The fourth-order valence-electron chi connectivity index (χ4n) is 2.14. The van der Waals surface area contributed by atoms with E-state index in [4.69, 9.17) is 0 Å². The van der Waals surface area contributed by atoms with Gasteiger partial charge < -0.3 is 9.80 Å². The number of hydrogen-bond acceptors (Lipinski definition) is 1. The Labute approximate surface area is 87.1 Å². The average molecular weight is 198 g/mol. The van der Waals surface area contributed by atoms with Gasteiger partial charge in [-0.05, 0) is 25.2 Å². The number of hydrogen-bond donors (Lipinski definition) is 0. The summed E-state index contributed by atoms with van der Waals surface area (Å²) in [5.74, 6) is 0.569. The van der Waals surface area contributed by atoms with Gasteiger partial charge in [0, 0.05) is 26.7 Å². The van der Waals surface area contributed by atoms with E-state index in [-0.39, 0.29) is 6.03 Å². The van der Waals surface area contributed by atoms with E-state index in [0.717, 1.165) is 19.4 Å². The van der Waals surface area contributed by atoms with Crippen molar-refractivity contribution in [3.05, 3.63) is 0 Å². The summed E-state index contributed by atoms with van der Waals surface area (Å²) in [6, 6.07) is 0.613. The molecule has 0 N–H and O–H groups in total. The van der Waals surface area contributed by atoms with Crippen molar-refractivity contribution in [1.82, 2.24) is 9.80 Å². The van der Waals surface area contributed by atoms with Crippen LogP contribution in [0.2, 0.25) is 0 Å². The van der Waals surface area contributed by atoms with E-state index in [2.05, 4.69) is 13.8 Å². The van der Waals surface area contributed by atoms with Crippen molar-refractivity contribution in [1.29, 1.82) is 0 Å². The number of amides is 2. The van der Waals surface area contributed by atoms with Gasteiger partial charge in [0.05, 0.1) is 0 Å². The molecule has 1 saturated heterocycles. The fourth-order valence-corrected chi connectivity index (χ4v) is 2.14.